The molecule has 1 aromatic carbocycles. The van der Waals surface area contributed by atoms with E-state index in [4.69, 9.17) is 11.6 Å². The highest BCUT2D eigenvalue weighted by atomic mass is 35.5. The van der Waals surface area contributed by atoms with Crippen molar-refractivity contribution in [3.05, 3.63) is 64.7 Å². The Morgan fingerprint density at radius 1 is 1.17 bits per heavy atom. The lowest BCUT2D eigenvalue weighted by Gasteiger charge is -2.38. The van der Waals surface area contributed by atoms with Crippen LogP contribution < -0.4 is 0 Å². The molecule has 2 aromatic rings. The van der Waals surface area contributed by atoms with Crippen LogP contribution >= 0.6 is 11.6 Å². The summed E-state index contributed by atoms with van der Waals surface area (Å²) in [6.07, 6.45) is -2.19. The summed E-state index contributed by atoms with van der Waals surface area (Å²) >= 11 is 5.97. The van der Waals surface area contributed by atoms with Crippen LogP contribution in [0.2, 0.25) is 5.02 Å². The average Bonchev–Trinajstić information content (AvgIpc) is 2.52. The van der Waals surface area contributed by atoms with Crippen LogP contribution in [-0.4, -0.2) is 16.3 Å². The first-order valence-corrected chi connectivity index (χ1v) is 7.74. The molecule has 24 heavy (non-hydrogen) atoms. The molecule has 0 aliphatic rings. The highest BCUT2D eigenvalue weighted by molar-refractivity contribution is 6.31. The molecule has 7 heteroatoms. The van der Waals surface area contributed by atoms with E-state index >= 15 is 0 Å². The number of hydrogen-bond acceptors (Lipinski definition) is 2. The molecule has 0 fully saturated rings. The van der Waals surface area contributed by atoms with E-state index in [9.17, 15) is 22.7 Å². The van der Waals surface area contributed by atoms with Crippen molar-refractivity contribution in [1.82, 2.24) is 4.98 Å². The van der Waals surface area contributed by atoms with Gasteiger partial charge in [-0.2, -0.15) is 13.2 Å². The zero-order valence-electron chi connectivity index (χ0n) is 12.8. The Labute approximate surface area is 142 Å². The van der Waals surface area contributed by atoms with Crippen LogP contribution in [0.25, 0.3) is 0 Å². The molecule has 2 atom stereocenters. The van der Waals surface area contributed by atoms with Gasteiger partial charge in [-0.1, -0.05) is 31.0 Å². The van der Waals surface area contributed by atoms with Gasteiger partial charge in [-0.3, -0.25) is 4.98 Å². The molecule has 0 aliphatic heterocycles. The van der Waals surface area contributed by atoms with Gasteiger partial charge in [0.05, 0.1) is 0 Å². The second kappa shape index (κ2) is 7.07. The van der Waals surface area contributed by atoms with Crippen LogP contribution in [0.1, 0.15) is 36.8 Å². The maximum absolute atomic E-state index is 13.9. The van der Waals surface area contributed by atoms with Crippen molar-refractivity contribution in [3.8, 4) is 0 Å². The summed E-state index contributed by atoms with van der Waals surface area (Å²) in [5.74, 6) is -2.03. The van der Waals surface area contributed by atoms with Crippen molar-refractivity contribution in [3.63, 3.8) is 0 Å². The van der Waals surface area contributed by atoms with E-state index in [1.807, 2.05) is 0 Å². The molecule has 130 valence electrons. The molecule has 2 nitrogen and oxygen atoms in total. The number of benzene rings is 1. The van der Waals surface area contributed by atoms with E-state index in [2.05, 4.69) is 4.98 Å². The van der Waals surface area contributed by atoms with Gasteiger partial charge in [0, 0.05) is 23.3 Å². The van der Waals surface area contributed by atoms with Gasteiger partial charge in [-0.05, 0) is 41.8 Å². The maximum atomic E-state index is 13.9. The average molecular weight is 362 g/mol. The molecule has 0 aliphatic carbocycles. The maximum Gasteiger partial charge on any atom is 0.422 e. The third-order valence-electron chi connectivity index (χ3n) is 3.97. The number of rotatable bonds is 5. The first-order chi connectivity index (χ1) is 11.2. The standard InChI is InChI=1S/C17H16ClF4NO/c1-2-3-14(13-5-4-12(19)10-15(13)18)16(24,17(20,21)22)11-6-8-23-9-7-11/h4-10,14,24H,2-3H2,1H3. The molecule has 2 unspecified atom stereocenters. The van der Waals surface area contributed by atoms with E-state index in [0.29, 0.717) is 6.42 Å². The first kappa shape index (κ1) is 18.7. The second-order valence-electron chi connectivity index (χ2n) is 5.51. The van der Waals surface area contributed by atoms with Gasteiger partial charge < -0.3 is 5.11 Å². The SMILES string of the molecule is CCCC(c1ccc(F)cc1Cl)C(O)(c1ccncc1)C(F)(F)F. The summed E-state index contributed by atoms with van der Waals surface area (Å²) in [6.45, 7) is 1.70. The lowest BCUT2D eigenvalue weighted by Crippen LogP contribution is -2.47. The minimum Gasteiger partial charge on any atom is -0.376 e. The molecule has 0 radical (unpaired) electrons. The molecule has 2 rings (SSSR count). The van der Waals surface area contributed by atoms with Crippen LogP contribution in [0.5, 0.6) is 0 Å². The first-order valence-electron chi connectivity index (χ1n) is 7.36. The molecular weight excluding hydrogens is 346 g/mol. The molecule has 0 saturated heterocycles. The smallest absolute Gasteiger partial charge is 0.376 e. The number of alkyl halides is 3. The van der Waals surface area contributed by atoms with Gasteiger partial charge in [0.25, 0.3) is 0 Å². The van der Waals surface area contributed by atoms with E-state index in [1.165, 1.54) is 18.5 Å². The summed E-state index contributed by atoms with van der Waals surface area (Å²) in [5, 5.41) is 10.6. The third-order valence-corrected chi connectivity index (χ3v) is 4.30. The summed E-state index contributed by atoms with van der Waals surface area (Å²) in [7, 11) is 0. The van der Waals surface area contributed by atoms with Gasteiger partial charge >= 0.3 is 6.18 Å². The minimum atomic E-state index is -4.95. The lowest BCUT2D eigenvalue weighted by atomic mass is 9.74. The van der Waals surface area contributed by atoms with Crippen molar-refractivity contribution in [2.24, 2.45) is 0 Å². The van der Waals surface area contributed by atoms with Crippen LogP contribution in [0, 0.1) is 5.82 Å². The van der Waals surface area contributed by atoms with Crippen molar-refractivity contribution < 1.29 is 22.7 Å². The number of aliphatic hydroxyl groups is 1. The summed E-state index contributed by atoms with van der Waals surface area (Å²) in [4.78, 5) is 3.69. The minimum absolute atomic E-state index is 0.0175. The Morgan fingerprint density at radius 2 is 1.79 bits per heavy atom. The predicted molar refractivity (Wildman–Crippen MR) is 83.2 cm³/mol. The zero-order chi connectivity index (χ0) is 18.0. The lowest BCUT2D eigenvalue weighted by molar-refractivity contribution is -0.276. The van der Waals surface area contributed by atoms with E-state index < -0.39 is 23.5 Å². The van der Waals surface area contributed by atoms with Crippen molar-refractivity contribution in [2.45, 2.75) is 37.5 Å². The van der Waals surface area contributed by atoms with Crippen molar-refractivity contribution in [1.29, 1.82) is 0 Å². The number of nitrogens with zero attached hydrogens (tertiary/aromatic N) is 1. The molecule has 1 heterocycles. The highest BCUT2D eigenvalue weighted by Gasteiger charge is 2.59. The molecule has 0 saturated carbocycles. The predicted octanol–water partition coefficient (Wildman–Crippen LogP) is 5.21. The summed E-state index contributed by atoms with van der Waals surface area (Å²) in [6, 6.07) is 5.41. The molecule has 0 bridgehead atoms. The van der Waals surface area contributed by atoms with E-state index in [-0.39, 0.29) is 22.6 Å². The van der Waals surface area contributed by atoms with Gasteiger partial charge in [-0.25, -0.2) is 4.39 Å². The summed E-state index contributed by atoms with van der Waals surface area (Å²) < 4.78 is 54.9. The fraction of sp³-hybridized carbons (Fsp3) is 0.353. The summed E-state index contributed by atoms with van der Waals surface area (Å²) in [5.41, 5.74) is -3.44. The van der Waals surface area contributed by atoms with Gasteiger partial charge in [0.2, 0.25) is 0 Å². The number of aromatic nitrogens is 1. The topological polar surface area (TPSA) is 33.1 Å². The van der Waals surface area contributed by atoms with Crippen molar-refractivity contribution in [2.75, 3.05) is 0 Å². The molecule has 1 aromatic heterocycles. The van der Waals surface area contributed by atoms with Crippen LogP contribution in [0.4, 0.5) is 17.6 Å². The van der Waals surface area contributed by atoms with Crippen LogP contribution in [-0.2, 0) is 5.60 Å². The van der Waals surface area contributed by atoms with Gasteiger partial charge in [0.1, 0.15) is 5.82 Å². The normalized spacial score (nSPS) is 15.8. The number of halogens is 5. The van der Waals surface area contributed by atoms with E-state index in [0.717, 1.165) is 24.3 Å². The highest BCUT2D eigenvalue weighted by Crippen LogP contribution is 2.51. The Balaban J connectivity index is 2.68. The Bertz CT molecular complexity index is 693. The monoisotopic (exact) mass is 361 g/mol. The zero-order valence-corrected chi connectivity index (χ0v) is 13.6. The van der Waals surface area contributed by atoms with E-state index in [1.54, 1.807) is 6.92 Å². The molecule has 0 amide bonds. The Kier molecular flexibility index (Phi) is 5.50. The Morgan fingerprint density at radius 3 is 2.29 bits per heavy atom. The third kappa shape index (κ3) is 3.39. The van der Waals surface area contributed by atoms with Crippen molar-refractivity contribution >= 4 is 11.6 Å². The second-order valence-corrected chi connectivity index (χ2v) is 5.91. The van der Waals surface area contributed by atoms with Gasteiger partial charge in [-0.15, -0.1) is 0 Å². The number of pyridine rings is 1. The van der Waals surface area contributed by atoms with Crippen LogP contribution in [0.3, 0.4) is 0 Å². The molecular formula is C17H16ClF4NO. The fourth-order valence-corrected chi connectivity index (χ4v) is 3.13. The molecule has 1 N–H and O–H groups in total. The van der Waals surface area contributed by atoms with Gasteiger partial charge in [0.15, 0.2) is 5.60 Å². The quantitative estimate of drug-likeness (QED) is 0.742. The fourth-order valence-electron chi connectivity index (χ4n) is 2.83. The van der Waals surface area contributed by atoms with Crippen LogP contribution in [0.15, 0.2) is 42.7 Å². The number of hydrogen-bond donors (Lipinski definition) is 1. The molecule has 0 spiro atoms. The Hall–Kier alpha value is -1.66. The largest absolute Gasteiger partial charge is 0.422 e.